The van der Waals surface area contributed by atoms with Gasteiger partial charge in [0.15, 0.2) is 0 Å². The standard InChI is InChI=1S/C13H20N2O/c1-9(2)7-10-3-5-11(6-4-10)12(14)8-13(15)16/h3-6,9,12H,7-8,14H2,1-2H3,(H2,15,16)/t12-/m0/s1. The van der Waals surface area contributed by atoms with Gasteiger partial charge in [0, 0.05) is 12.5 Å². The molecule has 1 aromatic rings. The van der Waals surface area contributed by atoms with Gasteiger partial charge < -0.3 is 11.5 Å². The number of nitrogens with two attached hydrogens (primary N) is 2. The second kappa shape index (κ2) is 5.66. The molecule has 3 nitrogen and oxygen atoms in total. The van der Waals surface area contributed by atoms with Gasteiger partial charge in [0.25, 0.3) is 0 Å². The molecule has 0 saturated heterocycles. The molecular formula is C13H20N2O. The fourth-order valence-corrected chi connectivity index (χ4v) is 1.71. The summed E-state index contributed by atoms with van der Waals surface area (Å²) >= 11 is 0. The van der Waals surface area contributed by atoms with Gasteiger partial charge in [-0.3, -0.25) is 4.79 Å². The van der Waals surface area contributed by atoms with E-state index in [4.69, 9.17) is 11.5 Å². The molecule has 0 aromatic heterocycles. The van der Waals surface area contributed by atoms with Crippen LogP contribution in [0.5, 0.6) is 0 Å². The summed E-state index contributed by atoms with van der Waals surface area (Å²) in [5.41, 5.74) is 13.2. The summed E-state index contributed by atoms with van der Waals surface area (Å²) in [5, 5.41) is 0. The Balaban J connectivity index is 2.66. The van der Waals surface area contributed by atoms with Crippen LogP contribution in [0.25, 0.3) is 0 Å². The van der Waals surface area contributed by atoms with Crippen LogP contribution in [0.2, 0.25) is 0 Å². The highest BCUT2D eigenvalue weighted by molar-refractivity contribution is 5.74. The first-order valence-corrected chi connectivity index (χ1v) is 5.61. The molecule has 0 radical (unpaired) electrons. The first kappa shape index (κ1) is 12.7. The Morgan fingerprint density at radius 1 is 1.25 bits per heavy atom. The van der Waals surface area contributed by atoms with Gasteiger partial charge in [-0.2, -0.15) is 0 Å². The van der Waals surface area contributed by atoms with Crippen LogP contribution >= 0.6 is 0 Å². The van der Waals surface area contributed by atoms with Gasteiger partial charge in [0.1, 0.15) is 0 Å². The number of carbonyl (C=O) groups excluding carboxylic acids is 1. The number of hydrogen-bond donors (Lipinski definition) is 2. The van der Waals surface area contributed by atoms with Crippen molar-refractivity contribution in [2.45, 2.75) is 32.7 Å². The Bertz CT molecular complexity index is 343. The van der Waals surface area contributed by atoms with Gasteiger partial charge in [0.2, 0.25) is 5.91 Å². The number of benzene rings is 1. The monoisotopic (exact) mass is 220 g/mol. The SMILES string of the molecule is CC(C)Cc1ccc([C@@H](N)CC(N)=O)cc1. The van der Waals surface area contributed by atoms with Crippen molar-refractivity contribution in [2.24, 2.45) is 17.4 Å². The minimum absolute atomic E-state index is 0.198. The minimum Gasteiger partial charge on any atom is -0.370 e. The summed E-state index contributed by atoms with van der Waals surface area (Å²) in [6, 6.07) is 7.80. The molecule has 1 aromatic carbocycles. The number of amides is 1. The minimum atomic E-state index is -0.362. The lowest BCUT2D eigenvalue weighted by Crippen LogP contribution is -2.20. The first-order chi connectivity index (χ1) is 7.49. The third-order valence-electron chi connectivity index (χ3n) is 2.47. The van der Waals surface area contributed by atoms with Crippen LogP contribution in [0.15, 0.2) is 24.3 Å². The van der Waals surface area contributed by atoms with E-state index in [1.165, 1.54) is 5.56 Å². The molecule has 1 amide bonds. The van der Waals surface area contributed by atoms with Crippen molar-refractivity contribution in [3.05, 3.63) is 35.4 Å². The molecule has 0 spiro atoms. The molecule has 0 unspecified atom stereocenters. The van der Waals surface area contributed by atoms with Crippen LogP contribution in [0.1, 0.15) is 37.4 Å². The Kier molecular flexibility index (Phi) is 4.50. The molecule has 16 heavy (non-hydrogen) atoms. The van der Waals surface area contributed by atoms with E-state index in [0.29, 0.717) is 5.92 Å². The van der Waals surface area contributed by atoms with Gasteiger partial charge in [0.05, 0.1) is 0 Å². The summed E-state index contributed by atoms with van der Waals surface area (Å²) < 4.78 is 0. The number of carbonyl (C=O) groups is 1. The molecule has 0 bridgehead atoms. The second-order valence-corrected chi connectivity index (χ2v) is 4.62. The van der Waals surface area contributed by atoms with Crippen molar-refractivity contribution in [3.8, 4) is 0 Å². The van der Waals surface area contributed by atoms with Gasteiger partial charge in [-0.15, -0.1) is 0 Å². The van der Waals surface area contributed by atoms with Crippen molar-refractivity contribution in [1.29, 1.82) is 0 Å². The Labute approximate surface area is 96.8 Å². The van der Waals surface area contributed by atoms with Crippen LogP contribution in [0, 0.1) is 5.92 Å². The topological polar surface area (TPSA) is 69.1 Å². The highest BCUT2D eigenvalue weighted by atomic mass is 16.1. The predicted molar refractivity (Wildman–Crippen MR) is 65.7 cm³/mol. The van der Waals surface area contributed by atoms with E-state index in [-0.39, 0.29) is 18.4 Å². The fraction of sp³-hybridized carbons (Fsp3) is 0.462. The van der Waals surface area contributed by atoms with Crippen molar-refractivity contribution in [1.82, 2.24) is 0 Å². The van der Waals surface area contributed by atoms with E-state index in [9.17, 15) is 4.79 Å². The molecule has 0 heterocycles. The molecule has 0 fully saturated rings. The average Bonchev–Trinajstić information content (AvgIpc) is 2.16. The lowest BCUT2D eigenvalue weighted by molar-refractivity contribution is -0.118. The smallest absolute Gasteiger partial charge is 0.219 e. The summed E-state index contributed by atoms with van der Waals surface area (Å²) in [7, 11) is 0. The van der Waals surface area contributed by atoms with Crippen molar-refractivity contribution < 1.29 is 4.79 Å². The van der Waals surface area contributed by atoms with E-state index in [1.807, 2.05) is 12.1 Å². The van der Waals surface area contributed by atoms with Crippen LogP contribution in [-0.4, -0.2) is 5.91 Å². The molecule has 3 heteroatoms. The van der Waals surface area contributed by atoms with Gasteiger partial charge in [-0.05, 0) is 23.5 Å². The zero-order valence-corrected chi connectivity index (χ0v) is 9.94. The maximum absolute atomic E-state index is 10.7. The van der Waals surface area contributed by atoms with Crippen molar-refractivity contribution in [2.75, 3.05) is 0 Å². The van der Waals surface area contributed by atoms with Gasteiger partial charge in [-0.25, -0.2) is 0 Å². The molecule has 0 saturated carbocycles. The van der Waals surface area contributed by atoms with Crippen LogP contribution in [-0.2, 0) is 11.2 Å². The number of primary amides is 1. The van der Waals surface area contributed by atoms with E-state index in [1.54, 1.807) is 0 Å². The quantitative estimate of drug-likeness (QED) is 0.793. The van der Waals surface area contributed by atoms with E-state index < -0.39 is 0 Å². The maximum Gasteiger partial charge on any atom is 0.219 e. The summed E-state index contributed by atoms with van der Waals surface area (Å²) in [6.45, 7) is 4.37. The molecule has 1 atom stereocenters. The lowest BCUT2D eigenvalue weighted by atomic mass is 9.98. The normalized spacial score (nSPS) is 12.8. The lowest BCUT2D eigenvalue weighted by Gasteiger charge is -2.11. The second-order valence-electron chi connectivity index (χ2n) is 4.62. The highest BCUT2D eigenvalue weighted by Crippen LogP contribution is 2.16. The Hall–Kier alpha value is -1.35. The predicted octanol–water partition coefficient (Wildman–Crippen LogP) is 1.76. The maximum atomic E-state index is 10.7. The van der Waals surface area contributed by atoms with E-state index in [0.717, 1.165) is 12.0 Å². The van der Waals surface area contributed by atoms with Crippen LogP contribution in [0.4, 0.5) is 0 Å². The zero-order valence-electron chi connectivity index (χ0n) is 9.94. The molecular weight excluding hydrogens is 200 g/mol. The molecule has 1 rings (SSSR count). The fourth-order valence-electron chi connectivity index (χ4n) is 1.71. The van der Waals surface area contributed by atoms with Crippen molar-refractivity contribution >= 4 is 5.91 Å². The summed E-state index contributed by atoms with van der Waals surface area (Å²) in [4.78, 5) is 10.7. The molecule has 0 aliphatic carbocycles. The third kappa shape index (κ3) is 4.03. The first-order valence-electron chi connectivity index (χ1n) is 5.61. The van der Waals surface area contributed by atoms with Crippen LogP contribution in [0.3, 0.4) is 0 Å². The molecule has 0 aliphatic heterocycles. The van der Waals surface area contributed by atoms with Gasteiger partial charge >= 0.3 is 0 Å². The molecule has 88 valence electrons. The van der Waals surface area contributed by atoms with E-state index >= 15 is 0 Å². The zero-order chi connectivity index (χ0) is 12.1. The Morgan fingerprint density at radius 3 is 2.25 bits per heavy atom. The summed E-state index contributed by atoms with van der Waals surface area (Å²) in [6.07, 6.45) is 1.26. The van der Waals surface area contributed by atoms with Gasteiger partial charge in [-0.1, -0.05) is 38.1 Å². The molecule has 4 N–H and O–H groups in total. The summed E-state index contributed by atoms with van der Waals surface area (Å²) in [5.74, 6) is 0.281. The third-order valence-corrected chi connectivity index (χ3v) is 2.47. The van der Waals surface area contributed by atoms with Crippen molar-refractivity contribution in [3.63, 3.8) is 0 Å². The number of hydrogen-bond acceptors (Lipinski definition) is 2. The van der Waals surface area contributed by atoms with Crippen LogP contribution < -0.4 is 11.5 Å². The largest absolute Gasteiger partial charge is 0.370 e. The average molecular weight is 220 g/mol. The number of rotatable bonds is 5. The Morgan fingerprint density at radius 2 is 1.81 bits per heavy atom. The van der Waals surface area contributed by atoms with E-state index in [2.05, 4.69) is 26.0 Å². The highest BCUT2D eigenvalue weighted by Gasteiger charge is 2.09. The molecule has 0 aliphatic rings.